The van der Waals surface area contributed by atoms with E-state index in [1.807, 2.05) is 0 Å². The zero-order valence-corrected chi connectivity index (χ0v) is 13.4. The van der Waals surface area contributed by atoms with Crippen LogP contribution >= 0.6 is 0 Å². The summed E-state index contributed by atoms with van der Waals surface area (Å²) in [6.07, 6.45) is 5.25. The van der Waals surface area contributed by atoms with E-state index < -0.39 is 0 Å². The second kappa shape index (κ2) is 8.10. The third-order valence-corrected chi connectivity index (χ3v) is 4.04. The van der Waals surface area contributed by atoms with Gasteiger partial charge < -0.3 is 20.5 Å². The van der Waals surface area contributed by atoms with Crippen LogP contribution in [0.3, 0.4) is 0 Å². The van der Waals surface area contributed by atoms with Crippen molar-refractivity contribution in [2.75, 3.05) is 19.6 Å². The van der Waals surface area contributed by atoms with E-state index in [0.29, 0.717) is 18.3 Å². The zero-order valence-electron chi connectivity index (χ0n) is 13.4. The summed E-state index contributed by atoms with van der Waals surface area (Å²) in [5.74, 6) is 0.624. The van der Waals surface area contributed by atoms with E-state index in [0.717, 1.165) is 31.8 Å². The number of carbonyl (C=O) groups excluding carboxylic acids is 1. The quantitative estimate of drug-likeness (QED) is 0.667. The summed E-state index contributed by atoms with van der Waals surface area (Å²) in [6.45, 7) is 4.83. The number of nitrogens with one attached hydrogen (secondary N) is 3. The number of nitrogens with zero attached hydrogens (tertiary/aromatic N) is 1. The Balaban J connectivity index is 1.63. The molecule has 1 fully saturated rings. The molecule has 2 heterocycles. The fourth-order valence-electron chi connectivity index (χ4n) is 2.57. The summed E-state index contributed by atoms with van der Waals surface area (Å²) >= 11 is 0. The van der Waals surface area contributed by atoms with Gasteiger partial charge in [0.05, 0.1) is 11.7 Å². The highest BCUT2D eigenvalue weighted by molar-refractivity contribution is 5.93. The van der Waals surface area contributed by atoms with Gasteiger partial charge in [0.2, 0.25) is 5.56 Å². The normalized spacial score (nSPS) is 21.5. The van der Waals surface area contributed by atoms with Gasteiger partial charge in [-0.3, -0.25) is 9.59 Å². The molecule has 1 aliphatic heterocycles. The Morgan fingerprint density at radius 2 is 2.18 bits per heavy atom. The van der Waals surface area contributed by atoms with Crippen molar-refractivity contribution in [3.63, 3.8) is 0 Å². The molecule has 3 N–H and O–H groups in total. The molecule has 0 spiro atoms. The first-order chi connectivity index (χ1) is 10.6. The Morgan fingerprint density at radius 1 is 1.36 bits per heavy atom. The van der Waals surface area contributed by atoms with Crippen LogP contribution in [0.4, 0.5) is 0 Å². The molecule has 1 aromatic heterocycles. The fraction of sp³-hybridized carbons (Fsp3) is 0.625. The number of piperidine rings is 1. The van der Waals surface area contributed by atoms with Crippen LogP contribution in [0.1, 0.15) is 36.5 Å². The van der Waals surface area contributed by atoms with Gasteiger partial charge in [0, 0.05) is 25.9 Å². The molecule has 0 bridgehead atoms. The van der Waals surface area contributed by atoms with E-state index in [4.69, 9.17) is 0 Å². The number of hydrogen-bond donors (Lipinski definition) is 3. The predicted octanol–water partition coefficient (Wildman–Crippen LogP) is 0.440. The third kappa shape index (κ3) is 4.96. The molecule has 0 aromatic carbocycles. The molecule has 122 valence electrons. The van der Waals surface area contributed by atoms with Crippen molar-refractivity contribution in [3.05, 3.63) is 34.2 Å². The number of rotatable bonds is 6. The standard InChI is InChI=1S/C16H26N4O2/c1-12-4-6-14(19-10-12)17-8-3-9-18-16(22)13-5-7-15(21)20(2)11-13/h5,7,11-12,14,17,19H,3-4,6,8-10H2,1-2H3,(H,18,22). The Hall–Kier alpha value is -1.66. The van der Waals surface area contributed by atoms with E-state index in [-0.39, 0.29) is 11.5 Å². The number of pyridine rings is 1. The molecule has 2 atom stereocenters. The van der Waals surface area contributed by atoms with E-state index in [1.165, 1.54) is 17.1 Å². The topological polar surface area (TPSA) is 75.2 Å². The molecule has 1 aromatic rings. The van der Waals surface area contributed by atoms with Crippen LogP contribution in [-0.2, 0) is 7.05 Å². The van der Waals surface area contributed by atoms with Gasteiger partial charge in [-0.2, -0.15) is 0 Å². The molecule has 2 unspecified atom stereocenters. The van der Waals surface area contributed by atoms with Gasteiger partial charge in [0.25, 0.3) is 5.91 Å². The number of hydrogen-bond acceptors (Lipinski definition) is 4. The minimum Gasteiger partial charge on any atom is -0.352 e. The predicted molar refractivity (Wildman–Crippen MR) is 86.8 cm³/mol. The molecule has 1 aliphatic rings. The first-order valence-electron chi connectivity index (χ1n) is 7.98. The molecule has 0 saturated carbocycles. The van der Waals surface area contributed by atoms with Crippen LogP contribution < -0.4 is 21.5 Å². The summed E-state index contributed by atoms with van der Waals surface area (Å²) in [5.41, 5.74) is 0.396. The van der Waals surface area contributed by atoms with Crippen LogP contribution in [0, 0.1) is 5.92 Å². The van der Waals surface area contributed by atoms with E-state index in [1.54, 1.807) is 19.3 Å². The lowest BCUT2D eigenvalue weighted by molar-refractivity contribution is 0.0952. The molecular weight excluding hydrogens is 280 g/mol. The van der Waals surface area contributed by atoms with Crippen molar-refractivity contribution in [3.8, 4) is 0 Å². The largest absolute Gasteiger partial charge is 0.352 e. The highest BCUT2D eigenvalue weighted by Crippen LogP contribution is 2.11. The molecule has 2 rings (SSSR count). The van der Waals surface area contributed by atoms with Crippen LogP contribution in [0.2, 0.25) is 0 Å². The summed E-state index contributed by atoms with van der Waals surface area (Å²) in [6, 6.07) is 2.97. The second-order valence-electron chi connectivity index (χ2n) is 6.07. The smallest absolute Gasteiger partial charge is 0.252 e. The SMILES string of the molecule is CC1CCC(NCCCNC(=O)c2ccc(=O)n(C)c2)NC1. The first kappa shape index (κ1) is 16.7. The van der Waals surface area contributed by atoms with Gasteiger partial charge in [-0.25, -0.2) is 0 Å². The van der Waals surface area contributed by atoms with Gasteiger partial charge in [-0.05, 0) is 44.3 Å². The van der Waals surface area contributed by atoms with Crippen molar-refractivity contribution in [2.24, 2.45) is 13.0 Å². The van der Waals surface area contributed by atoms with Gasteiger partial charge >= 0.3 is 0 Å². The maximum atomic E-state index is 11.9. The van der Waals surface area contributed by atoms with Gasteiger partial charge in [0.1, 0.15) is 0 Å². The van der Waals surface area contributed by atoms with Crippen LogP contribution in [-0.4, -0.2) is 36.3 Å². The Morgan fingerprint density at radius 3 is 2.86 bits per heavy atom. The Kier molecular flexibility index (Phi) is 6.15. The highest BCUT2D eigenvalue weighted by atomic mass is 16.2. The molecule has 1 amide bonds. The van der Waals surface area contributed by atoms with Crippen molar-refractivity contribution in [1.82, 2.24) is 20.5 Å². The highest BCUT2D eigenvalue weighted by Gasteiger charge is 2.16. The maximum Gasteiger partial charge on any atom is 0.252 e. The molecule has 6 nitrogen and oxygen atoms in total. The molecule has 0 aliphatic carbocycles. The average molecular weight is 306 g/mol. The maximum absolute atomic E-state index is 11.9. The Bertz CT molecular complexity index is 547. The van der Waals surface area contributed by atoms with Gasteiger partial charge in [0.15, 0.2) is 0 Å². The van der Waals surface area contributed by atoms with Crippen molar-refractivity contribution >= 4 is 5.91 Å². The summed E-state index contributed by atoms with van der Waals surface area (Å²) in [5, 5.41) is 9.82. The lowest BCUT2D eigenvalue weighted by Gasteiger charge is -2.28. The molecule has 22 heavy (non-hydrogen) atoms. The number of aryl methyl sites for hydroxylation is 1. The van der Waals surface area contributed by atoms with Crippen LogP contribution in [0.15, 0.2) is 23.1 Å². The average Bonchev–Trinajstić information content (AvgIpc) is 2.51. The molecular formula is C16H26N4O2. The van der Waals surface area contributed by atoms with Crippen molar-refractivity contribution < 1.29 is 4.79 Å². The molecule has 6 heteroatoms. The summed E-state index contributed by atoms with van der Waals surface area (Å²) in [4.78, 5) is 23.2. The molecule has 1 saturated heterocycles. The van der Waals surface area contributed by atoms with E-state index in [2.05, 4.69) is 22.9 Å². The zero-order chi connectivity index (χ0) is 15.9. The van der Waals surface area contributed by atoms with E-state index >= 15 is 0 Å². The van der Waals surface area contributed by atoms with Crippen molar-refractivity contribution in [1.29, 1.82) is 0 Å². The fourth-order valence-corrected chi connectivity index (χ4v) is 2.57. The lowest BCUT2D eigenvalue weighted by atomic mass is 10.00. The minimum absolute atomic E-state index is 0.116. The van der Waals surface area contributed by atoms with E-state index in [9.17, 15) is 9.59 Å². The van der Waals surface area contributed by atoms with Crippen LogP contribution in [0.25, 0.3) is 0 Å². The van der Waals surface area contributed by atoms with Gasteiger partial charge in [-0.15, -0.1) is 0 Å². The summed E-state index contributed by atoms with van der Waals surface area (Å²) in [7, 11) is 1.64. The number of aromatic nitrogens is 1. The van der Waals surface area contributed by atoms with Crippen LogP contribution in [0.5, 0.6) is 0 Å². The lowest BCUT2D eigenvalue weighted by Crippen LogP contribution is -2.48. The minimum atomic E-state index is -0.139. The van der Waals surface area contributed by atoms with Gasteiger partial charge in [-0.1, -0.05) is 6.92 Å². The van der Waals surface area contributed by atoms with Crippen molar-refractivity contribution in [2.45, 2.75) is 32.4 Å². The number of carbonyl (C=O) groups is 1. The molecule has 0 radical (unpaired) electrons. The monoisotopic (exact) mass is 306 g/mol. The summed E-state index contributed by atoms with van der Waals surface area (Å²) < 4.78 is 1.41. The first-order valence-corrected chi connectivity index (χ1v) is 7.98. The number of amides is 1. The Labute approximate surface area is 131 Å². The third-order valence-electron chi connectivity index (χ3n) is 4.04. The second-order valence-corrected chi connectivity index (χ2v) is 6.07.